The highest BCUT2D eigenvalue weighted by molar-refractivity contribution is 5.94. The molecule has 1 aromatic carbocycles. The Balaban J connectivity index is 1.79. The molecule has 0 aliphatic heterocycles. The topological polar surface area (TPSA) is 259 Å². The number of benzene rings is 1. The molecule has 0 saturated carbocycles. The zero-order valence-corrected chi connectivity index (χ0v) is 24.2. The summed E-state index contributed by atoms with van der Waals surface area (Å²) < 4.78 is 0. The maximum Gasteiger partial charge on any atom is 0.326 e. The molecule has 2 heterocycles. The number of aromatic amines is 2. The summed E-state index contributed by atoms with van der Waals surface area (Å²) in [6.45, 7) is 3.76. The summed E-state index contributed by atoms with van der Waals surface area (Å²) in [4.78, 5) is 65.8. The van der Waals surface area contributed by atoms with E-state index in [0.29, 0.717) is 17.7 Å². The number of hydrogen-bond acceptors (Lipinski definition) is 7. The molecular weight excluding hydrogens is 556 g/mol. The Morgan fingerprint density at radius 1 is 0.953 bits per heavy atom. The first kappa shape index (κ1) is 32.6. The van der Waals surface area contributed by atoms with Crippen LogP contribution in [0.5, 0.6) is 0 Å². The van der Waals surface area contributed by atoms with Crippen molar-refractivity contribution in [3.8, 4) is 0 Å². The van der Waals surface area contributed by atoms with E-state index in [2.05, 4.69) is 35.9 Å². The van der Waals surface area contributed by atoms with Gasteiger partial charge in [-0.15, -0.1) is 0 Å². The number of aromatic nitrogens is 3. The Morgan fingerprint density at radius 2 is 1.63 bits per heavy atom. The van der Waals surface area contributed by atoms with Crippen LogP contribution in [0, 0.1) is 5.92 Å². The highest BCUT2D eigenvalue weighted by atomic mass is 16.4. The molecule has 12 N–H and O–H groups in total. The van der Waals surface area contributed by atoms with Gasteiger partial charge >= 0.3 is 5.97 Å². The van der Waals surface area contributed by atoms with Gasteiger partial charge < -0.3 is 48.2 Å². The average Bonchev–Trinajstić information content (AvgIpc) is 3.63. The molecule has 0 fully saturated rings. The van der Waals surface area contributed by atoms with E-state index in [-0.39, 0.29) is 37.7 Å². The number of carboxylic acid groups (broad SMARTS) is 1. The zero-order chi connectivity index (χ0) is 31.5. The Morgan fingerprint density at radius 3 is 2.28 bits per heavy atom. The maximum atomic E-state index is 13.5. The minimum atomic E-state index is -1.29. The standard InChI is InChI=1S/C28H40N10O5/c1-15(2)23(29)26(41)36-20(8-5-9-33-28(30)31)24(39)37-21(11-17-13-32-14-35-17)25(40)38-22(27(42)43)10-16-12-34-19-7-4-3-6-18(16)19/h3-4,6-7,12-15,20-23,34H,5,8-11,29H2,1-2H3,(H,32,35)(H,36,41)(H,37,39)(H,38,40)(H,42,43)(H4,30,31,33). The lowest BCUT2D eigenvalue weighted by Crippen LogP contribution is -2.58. The second-order valence-electron chi connectivity index (χ2n) is 10.6. The molecule has 15 nitrogen and oxygen atoms in total. The largest absolute Gasteiger partial charge is 0.480 e. The second kappa shape index (κ2) is 15.3. The number of nitrogens with zero attached hydrogens (tertiary/aromatic N) is 2. The van der Waals surface area contributed by atoms with Crippen LogP contribution in [0.3, 0.4) is 0 Å². The highest BCUT2D eigenvalue weighted by Crippen LogP contribution is 2.19. The molecule has 0 radical (unpaired) electrons. The number of hydrogen-bond donors (Lipinski definition) is 9. The number of nitrogens with one attached hydrogen (secondary N) is 5. The third-order valence-corrected chi connectivity index (χ3v) is 6.92. The van der Waals surface area contributed by atoms with Gasteiger partial charge in [0.25, 0.3) is 0 Å². The van der Waals surface area contributed by atoms with E-state index in [1.807, 2.05) is 24.3 Å². The molecule has 0 aliphatic carbocycles. The van der Waals surface area contributed by atoms with Gasteiger partial charge in [0, 0.05) is 48.4 Å². The van der Waals surface area contributed by atoms with Crippen molar-refractivity contribution in [1.29, 1.82) is 0 Å². The third kappa shape index (κ3) is 9.56. The minimum Gasteiger partial charge on any atom is -0.480 e. The van der Waals surface area contributed by atoms with Crippen LogP contribution in [0.25, 0.3) is 10.9 Å². The lowest BCUT2D eigenvalue weighted by molar-refractivity contribution is -0.142. The van der Waals surface area contributed by atoms with Gasteiger partial charge in [0.2, 0.25) is 17.7 Å². The number of fused-ring (bicyclic) bond motifs is 1. The number of carbonyl (C=O) groups excluding carboxylic acids is 3. The molecule has 3 aromatic rings. The van der Waals surface area contributed by atoms with Crippen LogP contribution in [0.4, 0.5) is 0 Å². The van der Waals surface area contributed by atoms with Crippen LogP contribution in [0.15, 0.2) is 48.0 Å². The van der Waals surface area contributed by atoms with Crippen LogP contribution < -0.4 is 33.2 Å². The predicted molar refractivity (Wildman–Crippen MR) is 160 cm³/mol. The summed E-state index contributed by atoms with van der Waals surface area (Å²) in [7, 11) is 0. The van der Waals surface area contributed by atoms with Crippen molar-refractivity contribution in [1.82, 2.24) is 30.9 Å². The fourth-order valence-corrected chi connectivity index (χ4v) is 4.43. The maximum absolute atomic E-state index is 13.5. The number of carbonyl (C=O) groups is 4. The van der Waals surface area contributed by atoms with Gasteiger partial charge in [-0.3, -0.25) is 19.4 Å². The first-order valence-electron chi connectivity index (χ1n) is 13.9. The first-order chi connectivity index (χ1) is 20.5. The van der Waals surface area contributed by atoms with Gasteiger partial charge in [-0.2, -0.15) is 0 Å². The molecule has 43 heavy (non-hydrogen) atoms. The molecule has 0 bridgehead atoms. The molecule has 3 rings (SSSR count). The van der Waals surface area contributed by atoms with Crippen molar-refractivity contribution in [3.63, 3.8) is 0 Å². The number of para-hydroxylation sites is 1. The lowest BCUT2D eigenvalue weighted by Gasteiger charge is -2.25. The van der Waals surface area contributed by atoms with E-state index in [1.54, 1.807) is 20.0 Å². The number of H-pyrrole nitrogens is 2. The first-order valence-corrected chi connectivity index (χ1v) is 13.9. The summed E-state index contributed by atoms with van der Waals surface area (Å²) in [5, 5.41) is 18.7. The number of aliphatic imine (C=N–C) groups is 1. The SMILES string of the molecule is CC(C)C(N)C(=O)NC(CCCN=C(N)N)C(=O)NC(Cc1cnc[nH]1)C(=O)NC(Cc1c[nH]c2ccccc12)C(=O)O. The number of guanidine groups is 1. The molecule has 232 valence electrons. The van der Waals surface area contributed by atoms with Crippen molar-refractivity contribution in [3.05, 3.63) is 54.2 Å². The number of aliphatic carboxylic acids is 1. The van der Waals surface area contributed by atoms with E-state index >= 15 is 0 Å². The number of nitrogens with two attached hydrogens (primary N) is 3. The monoisotopic (exact) mass is 596 g/mol. The molecule has 3 amide bonds. The number of carboxylic acids is 1. The van der Waals surface area contributed by atoms with E-state index < -0.39 is 47.9 Å². The van der Waals surface area contributed by atoms with Gasteiger partial charge in [0.1, 0.15) is 18.1 Å². The van der Waals surface area contributed by atoms with Gasteiger partial charge in [0.15, 0.2) is 5.96 Å². The van der Waals surface area contributed by atoms with Crippen molar-refractivity contribution >= 4 is 40.6 Å². The summed E-state index contributed by atoms with van der Waals surface area (Å²) >= 11 is 0. The van der Waals surface area contributed by atoms with E-state index in [0.717, 1.165) is 10.9 Å². The minimum absolute atomic E-state index is 0.00632. The molecular formula is C28H40N10O5. The number of imidazole rings is 1. The summed E-state index contributed by atoms with van der Waals surface area (Å²) in [5.74, 6) is -3.44. The van der Waals surface area contributed by atoms with Crippen molar-refractivity contribution in [2.75, 3.05) is 6.54 Å². The molecule has 0 spiro atoms. The van der Waals surface area contributed by atoms with Gasteiger partial charge in [0.05, 0.1) is 12.4 Å². The molecule has 4 atom stereocenters. The van der Waals surface area contributed by atoms with Crippen LogP contribution in [0.1, 0.15) is 37.9 Å². The van der Waals surface area contributed by atoms with Crippen LogP contribution in [-0.2, 0) is 32.0 Å². The van der Waals surface area contributed by atoms with Gasteiger partial charge in [-0.25, -0.2) is 9.78 Å². The number of amides is 3. The normalized spacial score (nSPS) is 14.0. The van der Waals surface area contributed by atoms with E-state index in [1.165, 1.54) is 12.5 Å². The quantitative estimate of drug-likeness (QED) is 0.0571. The Kier molecular flexibility index (Phi) is 11.6. The van der Waals surface area contributed by atoms with Gasteiger partial charge in [-0.05, 0) is 30.4 Å². The van der Waals surface area contributed by atoms with Crippen molar-refractivity contribution < 1.29 is 24.3 Å². The molecule has 4 unspecified atom stereocenters. The highest BCUT2D eigenvalue weighted by Gasteiger charge is 2.31. The van der Waals surface area contributed by atoms with Crippen molar-refractivity contribution in [2.45, 2.75) is 63.7 Å². The fourth-order valence-electron chi connectivity index (χ4n) is 4.43. The van der Waals surface area contributed by atoms with Crippen LogP contribution in [0.2, 0.25) is 0 Å². The Labute approximate surface area is 248 Å². The summed E-state index contributed by atoms with van der Waals surface area (Å²) in [6, 6.07) is 3.00. The van der Waals surface area contributed by atoms with Gasteiger partial charge in [-0.1, -0.05) is 32.0 Å². The molecule has 0 saturated heterocycles. The summed E-state index contributed by atoms with van der Waals surface area (Å²) in [6.07, 6.45) is 5.09. The number of rotatable bonds is 16. The lowest BCUT2D eigenvalue weighted by atomic mass is 10.0. The second-order valence-corrected chi connectivity index (χ2v) is 10.6. The smallest absolute Gasteiger partial charge is 0.326 e. The van der Waals surface area contributed by atoms with Crippen LogP contribution in [-0.4, -0.2) is 80.4 Å². The Bertz CT molecular complexity index is 1410. The van der Waals surface area contributed by atoms with Crippen molar-refractivity contribution in [2.24, 2.45) is 28.1 Å². The summed E-state index contributed by atoms with van der Waals surface area (Å²) in [5.41, 5.74) is 18.8. The van der Waals surface area contributed by atoms with E-state index in [4.69, 9.17) is 17.2 Å². The molecule has 2 aromatic heterocycles. The van der Waals surface area contributed by atoms with E-state index in [9.17, 15) is 24.3 Å². The Hall–Kier alpha value is -4.92. The fraction of sp³-hybridized carbons (Fsp3) is 0.429. The third-order valence-electron chi connectivity index (χ3n) is 6.92. The average molecular weight is 597 g/mol. The predicted octanol–water partition coefficient (Wildman–Crippen LogP) is -0.748. The zero-order valence-electron chi connectivity index (χ0n) is 24.2. The van der Waals surface area contributed by atoms with Crippen LogP contribution >= 0.6 is 0 Å². The molecule has 15 heteroatoms. The molecule has 0 aliphatic rings.